The molecule has 0 saturated heterocycles. The van der Waals surface area contributed by atoms with Crippen molar-refractivity contribution in [3.8, 4) is 0 Å². The van der Waals surface area contributed by atoms with E-state index < -0.39 is 15.1 Å². The Morgan fingerprint density at radius 2 is 1.50 bits per heavy atom. The minimum atomic E-state index is -3.37. The molecule has 2 aromatic rings. The molecule has 1 amide bonds. The largest absolute Gasteiger partial charge is 0.346 e. The fourth-order valence-electron chi connectivity index (χ4n) is 2.80. The van der Waals surface area contributed by atoms with E-state index in [2.05, 4.69) is 5.32 Å². The van der Waals surface area contributed by atoms with Gasteiger partial charge in [0.15, 0.2) is 9.84 Å². The normalized spacial score (nSPS) is 20.5. The number of sulfone groups is 1. The van der Waals surface area contributed by atoms with Crippen molar-refractivity contribution < 1.29 is 13.2 Å². The molecule has 2 atom stereocenters. The van der Waals surface area contributed by atoms with Crippen molar-refractivity contribution in [2.75, 3.05) is 0 Å². The molecule has 0 unspecified atom stereocenters. The molecular formula is C19H19NO3S. The maximum absolute atomic E-state index is 12.6. The zero-order chi connectivity index (χ0) is 17.0. The minimum Gasteiger partial charge on any atom is -0.346 e. The van der Waals surface area contributed by atoms with Crippen LogP contribution >= 0.6 is 0 Å². The Bertz CT molecular complexity index is 829. The predicted octanol–water partition coefficient (Wildman–Crippen LogP) is 2.98. The summed E-state index contributed by atoms with van der Waals surface area (Å²) in [6.45, 7) is 0. The van der Waals surface area contributed by atoms with E-state index in [0.717, 1.165) is 0 Å². The first-order valence-corrected chi connectivity index (χ1v) is 9.45. The highest BCUT2D eigenvalue weighted by atomic mass is 32.2. The summed E-state index contributed by atoms with van der Waals surface area (Å²) in [7, 11) is -3.37. The lowest BCUT2D eigenvalue weighted by Gasteiger charge is -2.23. The van der Waals surface area contributed by atoms with E-state index in [9.17, 15) is 13.2 Å². The van der Waals surface area contributed by atoms with Crippen LogP contribution < -0.4 is 5.32 Å². The van der Waals surface area contributed by atoms with Gasteiger partial charge in [0, 0.05) is 11.6 Å². The van der Waals surface area contributed by atoms with Gasteiger partial charge in [0.05, 0.1) is 10.1 Å². The van der Waals surface area contributed by atoms with E-state index in [0.29, 0.717) is 23.3 Å². The third-order valence-corrected chi connectivity index (χ3v) is 6.26. The van der Waals surface area contributed by atoms with Crippen LogP contribution in [0.5, 0.6) is 0 Å². The molecule has 2 aromatic carbocycles. The van der Waals surface area contributed by atoms with Crippen molar-refractivity contribution in [3.05, 3.63) is 78.4 Å². The lowest BCUT2D eigenvalue weighted by molar-refractivity contribution is 0.0942. The molecule has 0 fully saturated rings. The first-order chi connectivity index (χ1) is 11.6. The molecule has 24 heavy (non-hydrogen) atoms. The second-order valence-electron chi connectivity index (χ2n) is 5.80. The monoisotopic (exact) mass is 341 g/mol. The summed E-state index contributed by atoms with van der Waals surface area (Å²) < 4.78 is 25.2. The van der Waals surface area contributed by atoms with Crippen molar-refractivity contribution in [1.82, 2.24) is 5.32 Å². The summed E-state index contributed by atoms with van der Waals surface area (Å²) in [4.78, 5) is 12.5. The number of amides is 1. The second-order valence-corrected chi connectivity index (χ2v) is 7.97. The van der Waals surface area contributed by atoms with Crippen LogP contribution in [0, 0.1) is 0 Å². The lowest BCUT2D eigenvalue weighted by Crippen LogP contribution is -2.37. The summed E-state index contributed by atoms with van der Waals surface area (Å²) in [6, 6.07) is 17.3. The molecule has 1 aliphatic rings. The van der Waals surface area contributed by atoms with Crippen molar-refractivity contribution in [3.63, 3.8) is 0 Å². The molecule has 0 heterocycles. The Labute approximate surface area is 142 Å². The molecule has 0 saturated carbocycles. The van der Waals surface area contributed by atoms with Crippen LogP contribution in [0.3, 0.4) is 0 Å². The number of carbonyl (C=O) groups is 1. The highest BCUT2D eigenvalue weighted by molar-refractivity contribution is 7.92. The van der Waals surface area contributed by atoms with E-state index in [1.807, 2.05) is 18.2 Å². The lowest BCUT2D eigenvalue weighted by atomic mass is 10.0. The van der Waals surface area contributed by atoms with Crippen LogP contribution in [0.25, 0.3) is 0 Å². The summed E-state index contributed by atoms with van der Waals surface area (Å²) >= 11 is 0. The molecule has 0 spiro atoms. The Morgan fingerprint density at radius 3 is 2.08 bits per heavy atom. The molecule has 5 heteroatoms. The van der Waals surface area contributed by atoms with Crippen LogP contribution in [0.4, 0.5) is 0 Å². The maximum atomic E-state index is 12.6. The SMILES string of the molecule is O=C(N[C@@H]1C=C[C@H](S(=O)(=O)c2ccccc2)CC1)c1ccccc1. The van der Waals surface area contributed by atoms with E-state index in [4.69, 9.17) is 0 Å². The summed E-state index contributed by atoms with van der Waals surface area (Å²) in [5.41, 5.74) is 0.602. The Hall–Kier alpha value is -2.40. The van der Waals surface area contributed by atoms with Gasteiger partial charge in [0.1, 0.15) is 0 Å². The maximum Gasteiger partial charge on any atom is 0.251 e. The number of hydrogen-bond donors (Lipinski definition) is 1. The number of benzene rings is 2. The highest BCUT2D eigenvalue weighted by Gasteiger charge is 2.28. The van der Waals surface area contributed by atoms with E-state index >= 15 is 0 Å². The van der Waals surface area contributed by atoms with Gasteiger partial charge < -0.3 is 5.32 Å². The first kappa shape index (κ1) is 16.5. The third kappa shape index (κ3) is 3.57. The fraction of sp³-hybridized carbons (Fsp3) is 0.211. The molecule has 0 radical (unpaired) electrons. The van der Waals surface area contributed by atoms with E-state index in [1.54, 1.807) is 54.6 Å². The molecule has 3 rings (SSSR count). The molecule has 0 bridgehead atoms. The molecule has 0 aliphatic heterocycles. The van der Waals surface area contributed by atoms with Gasteiger partial charge >= 0.3 is 0 Å². The molecule has 4 nitrogen and oxygen atoms in total. The van der Waals surface area contributed by atoms with Crippen LogP contribution in [0.2, 0.25) is 0 Å². The number of nitrogens with one attached hydrogen (secondary N) is 1. The number of rotatable bonds is 4. The zero-order valence-corrected chi connectivity index (χ0v) is 13.9. The summed E-state index contributed by atoms with van der Waals surface area (Å²) in [5, 5.41) is 2.39. The molecule has 0 aromatic heterocycles. The van der Waals surface area contributed by atoms with Crippen molar-refractivity contribution in [2.24, 2.45) is 0 Å². The smallest absolute Gasteiger partial charge is 0.251 e. The van der Waals surface area contributed by atoms with E-state index in [-0.39, 0.29) is 11.9 Å². The van der Waals surface area contributed by atoms with Gasteiger partial charge in [-0.2, -0.15) is 0 Å². The molecule has 124 valence electrons. The highest BCUT2D eigenvalue weighted by Crippen LogP contribution is 2.24. The third-order valence-electron chi connectivity index (χ3n) is 4.14. The summed E-state index contributed by atoms with van der Waals surface area (Å²) in [6.07, 6.45) is 4.58. The number of carbonyl (C=O) groups excluding carboxylic acids is 1. The second kappa shape index (κ2) is 7.01. The molecular weight excluding hydrogens is 322 g/mol. The van der Waals surface area contributed by atoms with Crippen molar-refractivity contribution in [2.45, 2.75) is 29.0 Å². The van der Waals surface area contributed by atoms with Crippen LogP contribution in [-0.4, -0.2) is 25.6 Å². The van der Waals surface area contributed by atoms with Gasteiger partial charge in [-0.3, -0.25) is 4.79 Å². The predicted molar refractivity (Wildman–Crippen MR) is 93.5 cm³/mol. The number of hydrogen-bond acceptors (Lipinski definition) is 3. The van der Waals surface area contributed by atoms with Crippen LogP contribution in [0.15, 0.2) is 77.7 Å². The Balaban J connectivity index is 1.67. The van der Waals surface area contributed by atoms with Gasteiger partial charge in [-0.1, -0.05) is 48.6 Å². The fourth-order valence-corrected chi connectivity index (χ4v) is 4.43. The van der Waals surface area contributed by atoms with Crippen molar-refractivity contribution in [1.29, 1.82) is 0 Å². The van der Waals surface area contributed by atoms with Crippen LogP contribution in [0.1, 0.15) is 23.2 Å². The molecule has 1 aliphatic carbocycles. The first-order valence-electron chi connectivity index (χ1n) is 7.90. The van der Waals surface area contributed by atoms with Crippen LogP contribution in [-0.2, 0) is 9.84 Å². The average molecular weight is 341 g/mol. The van der Waals surface area contributed by atoms with E-state index in [1.165, 1.54) is 0 Å². The average Bonchev–Trinajstić information content (AvgIpc) is 2.63. The zero-order valence-electron chi connectivity index (χ0n) is 13.1. The standard InChI is InChI=1S/C19H19NO3S/c21-19(15-7-3-1-4-8-15)20-16-11-13-18(14-12-16)24(22,23)17-9-5-2-6-10-17/h1-11,13,16,18H,12,14H2,(H,20,21)/t16-,18+/m1/s1. The quantitative estimate of drug-likeness (QED) is 0.870. The van der Waals surface area contributed by atoms with Gasteiger partial charge in [-0.25, -0.2) is 8.42 Å². The van der Waals surface area contributed by atoms with Gasteiger partial charge in [0.2, 0.25) is 0 Å². The van der Waals surface area contributed by atoms with Gasteiger partial charge in [-0.05, 0) is 37.1 Å². The summed E-state index contributed by atoms with van der Waals surface area (Å²) in [5.74, 6) is -0.144. The Kier molecular flexibility index (Phi) is 4.81. The molecule has 1 N–H and O–H groups in total. The van der Waals surface area contributed by atoms with Crippen molar-refractivity contribution >= 4 is 15.7 Å². The van der Waals surface area contributed by atoms with Gasteiger partial charge in [-0.15, -0.1) is 0 Å². The minimum absolute atomic E-state index is 0.139. The van der Waals surface area contributed by atoms with Gasteiger partial charge in [0.25, 0.3) is 5.91 Å². The Morgan fingerprint density at radius 1 is 0.875 bits per heavy atom. The topological polar surface area (TPSA) is 63.2 Å².